The van der Waals surface area contributed by atoms with E-state index >= 15 is 0 Å². The normalized spacial score (nSPS) is 12.7. The molecule has 0 bridgehead atoms. The Balaban J connectivity index is 2.50. The lowest BCUT2D eigenvalue weighted by molar-refractivity contribution is 0.116. The van der Waals surface area contributed by atoms with Crippen molar-refractivity contribution in [2.75, 3.05) is 13.2 Å². The fourth-order valence-corrected chi connectivity index (χ4v) is 2.30. The zero-order valence-electron chi connectivity index (χ0n) is 15.7. The van der Waals surface area contributed by atoms with E-state index in [9.17, 15) is 5.11 Å². The Labute approximate surface area is 154 Å². The second-order valence-corrected chi connectivity index (χ2v) is 5.64. The minimum Gasteiger partial charge on any atom is -0.392 e. The minimum absolute atomic E-state index is 0.0482. The van der Waals surface area contributed by atoms with Gasteiger partial charge >= 0.3 is 0 Å². The number of hydrogen-bond acceptors (Lipinski definition) is 5. The van der Waals surface area contributed by atoms with E-state index in [1.165, 1.54) is 0 Å². The van der Waals surface area contributed by atoms with Gasteiger partial charge in [0, 0.05) is 13.2 Å². The number of aliphatic hydroxyl groups is 1. The van der Waals surface area contributed by atoms with Crippen molar-refractivity contribution in [1.82, 2.24) is 9.97 Å². The standard InChI is InChI=1S/C21H24N2O3/c1-5-25-15(3)7-10-18-19(11-8-16(4)26-6-2)23-21-13-17(14-24)9-12-20(21)22-18/h9,12-13,15-16,24H,5-6,14H2,1-4H3. The maximum absolute atomic E-state index is 9.32. The number of ether oxygens (including phenoxy) is 2. The molecule has 0 amide bonds. The van der Waals surface area contributed by atoms with Gasteiger partial charge in [-0.1, -0.05) is 17.9 Å². The first-order chi connectivity index (χ1) is 12.6. The number of hydrogen-bond donors (Lipinski definition) is 1. The molecule has 1 heterocycles. The Morgan fingerprint density at radius 3 is 1.96 bits per heavy atom. The molecule has 5 heteroatoms. The first-order valence-corrected chi connectivity index (χ1v) is 8.75. The fourth-order valence-electron chi connectivity index (χ4n) is 2.30. The average molecular weight is 352 g/mol. The van der Waals surface area contributed by atoms with Crippen LogP contribution in [0, 0.1) is 23.7 Å². The summed E-state index contributed by atoms with van der Waals surface area (Å²) < 4.78 is 10.9. The molecule has 0 spiro atoms. The molecule has 26 heavy (non-hydrogen) atoms. The largest absolute Gasteiger partial charge is 0.392 e. The first kappa shape index (κ1) is 19.9. The lowest BCUT2D eigenvalue weighted by Gasteiger charge is -2.05. The van der Waals surface area contributed by atoms with Gasteiger partial charge in [-0.05, 0) is 57.2 Å². The van der Waals surface area contributed by atoms with Gasteiger partial charge in [-0.3, -0.25) is 0 Å². The lowest BCUT2D eigenvalue weighted by Crippen LogP contribution is -2.06. The molecule has 0 aliphatic rings. The van der Waals surface area contributed by atoms with Crippen molar-refractivity contribution in [3.05, 3.63) is 35.2 Å². The molecular formula is C21H24N2O3. The van der Waals surface area contributed by atoms with Crippen molar-refractivity contribution < 1.29 is 14.6 Å². The summed E-state index contributed by atoms with van der Waals surface area (Å²) in [5.41, 5.74) is 3.16. The van der Waals surface area contributed by atoms with Crippen LogP contribution in [0.3, 0.4) is 0 Å². The van der Waals surface area contributed by atoms with E-state index < -0.39 is 0 Å². The minimum atomic E-state index is -0.204. The predicted molar refractivity (Wildman–Crippen MR) is 101 cm³/mol. The summed E-state index contributed by atoms with van der Waals surface area (Å²) in [4.78, 5) is 9.18. The molecule has 136 valence electrons. The molecule has 0 aliphatic carbocycles. The molecule has 0 saturated carbocycles. The highest BCUT2D eigenvalue weighted by Crippen LogP contribution is 2.15. The van der Waals surface area contributed by atoms with Crippen molar-refractivity contribution in [3.63, 3.8) is 0 Å². The van der Waals surface area contributed by atoms with Crippen LogP contribution in [-0.2, 0) is 16.1 Å². The van der Waals surface area contributed by atoms with E-state index in [2.05, 4.69) is 33.6 Å². The molecule has 0 saturated heterocycles. The van der Waals surface area contributed by atoms with E-state index in [4.69, 9.17) is 9.47 Å². The Kier molecular flexibility index (Phi) is 7.56. The third kappa shape index (κ3) is 5.54. The van der Waals surface area contributed by atoms with Gasteiger partial charge in [-0.2, -0.15) is 0 Å². The highest BCUT2D eigenvalue weighted by molar-refractivity contribution is 5.76. The van der Waals surface area contributed by atoms with Gasteiger partial charge in [0.15, 0.2) is 0 Å². The van der Waals surface area contributed by atoms with E-state index in [1.807, 2.05) is 39.8 Å². The summed E-state index contributed by atoms with van der Waals surface area (Å²) in [7, 11) is 0. The molecule has 5 nitrogen and oxygen atoms in total. The third-order valence-corrected chi connectivity index (χ3v) is 3.53. The molecule has 0 fully saturated rings. The Morgan fingerprint density at radius 2 is 1.46 bits per heavy atom. The summed E-state index contributed by atoms with van der Waals surface area (Å²) >= 11 is 0. The summed E-state index contributed by atoms with van der Waals surface area (Å²) in [6.45, 7) is 8.78. The summed E-state index contributed by atoms with van der Waals surface area (Å²) in [5.74, 6) is 12.1. The zero-order chi connectivity index (χ0) is 18.9. The van der Waals surface area contributed by atoms with Gasteiger partial charge in [0.05, 0.1) is 17.6 Å². The molecule has 2 rings (SSSR count). The van der Waals surface area contributed by atoms with Gasteiger partial charge in [0.2, 0.25) is 0 Å². The zero-order valence-corrected chi connectivity index (χ0v) is 15.7. The molecule has 1 N–H and O–H groups in total. The van der Waals surface area contributed by atoms with Crippen LogP contribution in [0.5, 0.6) is 0 Å². The number of aromatic nitrogens is 2. The number of nitrogens with zero attached hydrogens (tertiary/aromatic N) is 2. The van der Waals surface area contributed by atoms with Gasteiger partial charge in [-0.15, -0.1) is 0 Å². The molecule has 2 aromatic rings. The number of fused-ring (bicyclic) bond motifs is 1. The summed E-state index contributed by atoms with van der Waals surface area (Å²) in [6, 6.07) is 5.45. The van der Waals surface area contributed by atoms with Crippen LogP contribution in [-0.4, -0.2) is 40.5 Å². The Morgan fingerprint density at radius 1 is 0.923 bits per heavy atom. The second kappa shape index (κ2) is 9.89. The maximum atomic E-state index is 9.32. The van der Waals surface area contributed by atoms with Crippen molar-refractivity contribution in [3.8, 4) is 23.7 Å². The van der Waals surface area contributed by atoms with Gasteiger partial charge in [0.1, 0.15) is 23.6 Å². The second-order valence-electron chi connectivity index (χ2n) is 5.64. The third-order valence-electron chi connectivity index (χ3n) is 3.53. The topological polar surface area (TPSA) is 64.5 Å². The quantitative estimate of drug-likeness (QED) is 0.838. The van der Waals surface area contributed by atoms with Gasteiger partial charge < -0.3 is 14.6 Å². The van der Waals surface area contributed by atoms with Crippen molar-refractivity contribution >= 4 is 11.0 Å². The lowest BCUT2D eigenvalue weighted by atomic mass is 10.2. The van der Waals surface area contributed by atoms with E-state index in [-0.39, 0.29) is 18.8 Å². The average Bonchev–Trinajstić information content (AvgIpc) is 2.64. The van der Waals surface area contributed by atoms with Crippen molar-refractivity contribution in [2.24, 2.45) is 0 Å². The molecule has 0 aliphatic heterocycles. The smallest absolute Gasteiger partial charge is 0.148 e. The van der Waals surface area contributed by atoms with Crippen molar-refractivity contribution in [2.45, 2.75) is 46.5 Å². The first-order valence-electron chi connectivity index (χ1n) is 8.75. The predicted octanol–water partition coefficient (Wildman–Crippen LogP) is 2.68. The molecular weight excluding hydrogens is 328 g/mol. The van der Waals surface area contributed by atoms with Gasteiger partial charge in [-0.25, -0.2) is 9.97 Å². The Bertz CT molecular complexity index is 872. The van der Waals surface area contributed by atoms with E-state index in [0.29, 0.717) is 35.6 Å². The highest BCUT2D eigenvalue weighted by Gasteiger charge is 2.07. The fraction of sp³-hybridized carbons (Fsp3) is 0.429. The summed E-state index contributed by atoms with van der Waals surface area (Å²) in [5, 5.41) is 9.32. The SMILES string of the molecule is CCOC(C)C#Cc1nc2ccc(CO)cc2nc1C#CC(C)OCC. The molecule has 1 aromatic carbocycles. The molecule has 2 atom stereocenters. The van der Waals surface area contributed by atoms with Crippen molar-refractivity contribution in [1.29, 1.82) is 0 Å². The number of rotatable bonds is 5. The van der Waals surface area contributed by atoms with Crippen LogP contribution in [0.4, 0.5) is 0 Å². The monoisotopic (exact) mass is 352 g/mol. The molecule has 1 aromatic heterocycles. The van der Waals surface area contributed by atoms with Gasteiger partial charge in [0.25, 0.3) is 0 Å². The van der Waals surface area contributed by atoms with E-state index in [0.717, 1.165) is 5.56 Å². The van der Waals surface area contributed by atoms with Crippen LogP contribution >= 0.6 is 0 Å². The maximum Gasteiger partial charge on any atom is 0.148 e. The van der Waals surface area contributed by atoms with E-state index in [1.54, 1.807) is 6.07 Å². The molecule has 0 radical (unpaired) electrons. The number of aliphatic hydroxyl groups excluding tert-OH is 1. The molecule has 2 unspecified atom stereocenters. The van der Waals surface area contributed by atoms with Crippen LogP contribution < -0.4 is 0 Å². The summed E-state index contributed by atoms with van der Waals surface area (Å²) in [6.07, 6.45) is -0.401. The van der Waals surface area contributed by atoms with Crippen LogP contribution in [0.2, 0.25) is 0 Å². The highest BCUT2D eigenvalue weighted by atomic mass is 16.5. The number of benzene rings is 1. The Hall–Kier alpha value is -2.44. The van der Waals surface area contributed by atoms with Crippen LogP contribution in [0.1, 0.15) is 44.6 Å². The van der Waals surface area contributed by atoms with Crippen LogP contribution in [0.25, 0.3) is 11.0 Å². The van der Waals surface area contributed by atoms with Crippen LogP contribution in [0.15, 0.2) is 18.2 Å².